The van der Waals surface area contributed by atoms with E-state index >= 15 is 0 Å². The van der Waals surface area contributed by atoms with E-state index in [1.54, 1.807) is 47.7 Å². The second-order valence-electron chi connectivity index (χ2n) is 5.36. The fourth-order valence-corrected chi connectivity index (χ4v) is 3.68. The Morgan fingerprint density at radius 3 is 2.29 bits per heavy atom. The summed E-state index contributed by atoms with van der Waals surface area (Å²) in [5, 5.41) is 10.4. The Bertz CT molecular complexity index is 989. The van der Waals surface area contributed by atoms with E-state index < -0.39 is 0 Å². The van der Waals surface area contributed by atoms with Crippen molar-refractivity contribution in [3.8, 4) is 27.7 Å². The summed E-state index contributed by atoms with van der Waals surface area (Å²) in [5.41, 5.74) is 0.909. The summed E-state index contributed by atoms with van der Waals surface area (Å²) in [7, 11) is 0. The van der Waals surface area contributed by atoms with Crippen LogP contribution < -0.4 is 4.74 Å². The van der Waals surface area contributed by atoms with Crippen LogP contribution >= 0.6 is 11.3 Å². The van der Waals surface area contributed by atoms with Gasteiger partial charge in [0.05, 0.1) is 4.88 Å². The van der Waals surface area contributed by atoms with Crippen molar-refractivity contribution in [3.05, 3.63) is 78.6 Å². The fraction of sp³-hybridized carbons (Fsp3) is 0. The van der Waals surface area contributed by atoms with Gasteiger partial charge in [-0.3, -0.25) is 0 Å². The van der Waals surface area contributed by atoms with Crippen molar-refractivity contribution in [3.63, 3.8) is 0 Å². The predicted molar refractivity (Wildman–Crippen MR) is 95.4 cm³/mol. The Morgan fingerprint density at radius 1 is 0.833 bits per heavy atom. The summed E-state index contributed by atoms with van der Waals surface area (Å²) < 4.78 is 20.5. The highest BCUT2D eigenvalue weighted by Gasteiger charge is 2.16. The molecule has 1 heterocycles. The largest absolute Gasteiger partial charge is 0.508 e. The quantitative estimate of drug-likeness (QED) is 0.482. The van der Waals surface area contributed by atoms with Crippen LogP contribution in [0.4, 0.5) is 4.39 Å². The molecule has 3 aromatic carbocycles. The van der Waals surface area contributed by atoms with Crippen molar-refractivity contribution in [2.75, 3.05) is 0 Å². The minimum absolute atomic E-state index is 0.191. The van der Waals surface area contributed by atoms with E-state index in [9.17, 15) is 9.50 Å². The molecule has 0 amide bonds. The van der Waals surface area contributed by atoms with Gasteiger partial charge >= 0.3 is 0 Å². The molecular weight excluding hydrogens is 323 g/mol. The average Bonchev–Trinajstić information content (AvgIpc) is 2.96. The van der Waals surface area contributed by atoms with Crippen LogP contribution in [0.3, 0.4) is 0 Å². The Morgan fingerprint density at radius 2 is 1.54 bits per heavy atom. The van der Waals surface area contributed by atoms with E-state index in [2.05, 4.69) is 0 Å². The van der Waals surface area contributed by atoms with Crippen molar-refractivity contribution in [1.82, 2.24) is 0 Å². The topological polar surface area (TPSA) is 29.5 Å². The van der Waals surface area contributed by atoms with Crippen LogP contribution in [0.2, 0.25) is 0 Å². The first kappa shape index (κ1) is 14.7. The smallest absolute Gasteiger partial charge is 0.153 e. The van der Waals surface area contributed by atoms with E-state index in [1.165, 1.54) is 12.1 Å². The summed E-state index contributed by atoms with van der Waals surface area (Å²) in [5.74, 6) is 1.31. The number of ether oxygens (including phenoxy) is 1. The monoisotopic (exact) mass is 336 g/mol. The summed E-state index contributed by atoms with van der Waals surface area (Å²) in [6, 6.07) is 21.0. The summed E-state index contributed by atoms with van der Waals surface area (Å²) in [4.78, 5) is 0.948. The molecule has 4 heteroatoms. The van der Waals surface area contributed by atoms with Crippen LogP contribution in [0.5, 0.6) is 17.2 Å². The summed E-state index contributed by atoms with van der Waals surface area (Å²) in [6.45, 7) is 0. The minimum atomic E-state index is -0.263. The molecule has 0 fully saturated rings. The van der Waals surface area contributed by atoms with Gasteiger partial charge in [0.1, 0.15) is 17.3 Å². The van der Waals surface area contributed by atoms with E-state index in [0.717, 1.165) is 26.3 Å². The molecule has 0 unspecified atom stereocenters. The van der Waals surface area contributed by atoms with E-state index in [-0.39, 0.29) is 11.6 Å². The van der Waals surface area contributed by atoms with Crippen molar-refractivity contribution in [2.24, 2.45) is 0 Å². The second-order valence-corrected chi connectivity index (χ2v) is 6.41. The van der Waals surface area contributed by atoms with Crippen molar-refractivity contribution in [2.45, 2.75) is 0 Å². The van der Waals surface area contributed by atoms with Crippen LogP contribution in [0.25, 0.3) is 20.5 Å². The number of hydrogen-bond donors (Lipinski definition) is 1. The second kappa shape index (κ2) is 5.98. The lowest BCUT2D eigenvalue weighted by Crippen LogP contribution is -1.85. The Balaban J connectivity index is 1.86. The zero-order valence-corrected chi connectivity index (χ0v) is 13.4. The zero-order chi connectivity index (χ0) is 16.5. The Kier molecular flexibility index (Phi) is 3.67. The van der Waals surface area contributed by atoms with Gasteiger partial charge in [0, 0.05) is 10.1 Å². The molecule has 1 aromatic heterocycles. The maximum Gasteiger partial charge on any atom is 0.153 e. The average molecular weight is 336 g/mol. The van der Waals surface area contributed by atoms with Crippen LogP contribution in [0, 0.1) is 5.82 Å². The Hall–Kier alpha value is -2.85. The van der Waals surface area contributed by atoms with E-state index in [0.29, 0.717) is 5.75 Å². The lowest BCUT2D eigenvalue weighted by atomic mass is 10.1. The van der Waals surface area contributed by atoms with Crippen LogP contribution in [-0.4, -0.2) is 5.11 Å². The first-order valence-corrected chi connectivity index (χ1v) is 8.27. The number of thiophene rings is 1. The standard InChI is InChI=1S/C20H13FO2S/c21-14-7-5-13(6-8-14)20-19(17-3-1-2-4-18(17)24-20)23-16-11-9-15(22)10-12-16/h1-12,22H. The number of fused-ring (bicyclic) bond motifs is 1. The molecule has 0 radical (unpaired) electrons. The van der Waals surface area contributed by atoms with Crippen LogP contribution in [0.1, 0.15) is 0 Å². The Labute approximate surface area is 142 Å². The van der Waals surface area contributed by atoms with Gasteiger partial charge in [0.25, 0.3) is 0 Å². The molecule has 1 N–H and O–H groups in total. The molecule has 2 nitrogen and oxygen atoms in total. The van der Waals surface area contributed by atoms with Crippen molar-refractivity contribution < 1.29 is 14.2 Å². The fourth-order valence-electron chi connectivity index (χ4n) is 2.55. The highest BCUT2D eigenvalue weighted by Crippen LogP contribution is 2.46. The predicted octanol–water partition coefficient (Wildman–Crippen LogP) is 6.21. The van der Waals surface area contributed by atoms with E-state index in [4.69, 9.17) is 4.74 Å². The molecule has 0 aliphatic rings. The molecule has 0 spiro atoms. The minimum Gasteiger partial charge on any atom is -0.508 e. The van der Waals surface area contributed by atoms with Crippen LogP contribution in [-0.2, 0) is 0 Å². The van der Waals surface area contributed by atoms with Crippen molar-refractivity contribution >= 4 is 21.4 Å². The summed E-state index contributed by atoms with van der Waals surface area (Å²) >= 11 is 1.61. The summed E-state index contributed by atoms with van der Waals surface area (Å²) in [6.07, 6.45) is 0. The van der Waals surface area contributed by atoms with Gasteiger partial charge in [-0.05, 0) is 54.1 Å². The van der Waals surface area contributed by atoms with Gasteiger partial charge in [-0.1, -0.05) is 24.3 Å². The molecular formula is C20H13FO2S. The number of aromatic hydroxyl groups is 1. The van der Waals surface area contributed by atoms with Gasteiger partial charge in [-0.2, -0.15) is 0 Å². The SMILES string of the molecule is Oc1ccc(Oc2c(-c3ccc(F)cc3)sc3ccccc23)cc1. The lowest BCUT2D eigenvalue weighted by Gasteiger charge is -2.08. The highest BCUT2D eigenvalue weighted by molar-refractivity contribution is 7.22. The molecule has 24 heavy (non-hydrogen) atoms. The molecule has 0 aliphatic carbocycles. The number of rotatable bonds is 3. The highest BCUT2D eigenvalue weighted by atomic mass is 32.1. The molecule has 0 aliphatic heterocycles. The van der Waals surface area contributed by atoms with Crippen LogP contribution in [0.15, 0.2) is 72.8 Å². The van der Waals surface area contributed by atoms with Gasteiger partial charge in [-0.25, -0.2) is 4.39 Å². The molecule has 4 aromatic rings. The van der Waals surface area contributed by atoms with Gasteiger partial charge in [-0.15, -0.1) is 11.3 Å². The molecule has 0 saturated heterocycles. The van der Waals surface area contributed by atoms with Gasteiger partial charge in [0.2, 0.25) is 0 Å². The molecule has 0 saturated carbocycles. The number of phenols is 1. The molecule has 0 bridgehead atoms. The maximum absolute atomic E-state index is 13.2. The maximum atomic E-state index is 13.2. The van der Waals surface area contributed by atoms with E-state index in [1.807, 2.05) is 24.3 Å². The number of phenolic OH excluding ortho intramolecular Hbond substituents is 1. The number of hydrogen-bond acceptors (Lipinski definition) is 3. The normalized spacial score (nSPS) is 10.9. The van der Waals surface area contributed by atoms with Gasteiger partial charge in [0.15, 0.2) is 5.75 Å². The third-order valence-corrected chi connectivity index (χ3v) is 4.91. The first-order chi connectivity index (χ1) is 11.7. The van der Waals surface area contributed by atoms with Crippen molar-refractivity contribution in [1.29, 1.82) is 0 Å². The first-order valence-electron chi connectivity index (χ1n) is 7.45. The zero-order valence-electron chi connectivity index (χ0n) is 12.6. The third-order valence-electron chi connectivity index (χ3n) is 3.71. The lowest BCUT2D eigenvalue weighted by molar-refractivity contribution is 0.467. The number of benzene rings is 3. The molecule has 4 rings (SSSR count). The number of halogens is 1. The molecule has 0 atom stereocenters. The molecule has 118 valence electrons. The van der Waals surface area contributed by atoms with Gasteiger partial charge < -0.3 is 9.84 Å². The third kappa shape index (κ3) is 2.72.